The van der Waals surface area contributed by atoms with Crippen molar-refractivity contribution in [1.29, 1.82) is 5.26 Å². The highest BCUT2D eigenvalue weighted by atomic mass is 79.9. The SMILES string of the molecule is COc1c(C#N)cc2c(c1Br)OCO2. The molecule has 0 aromatic heterocycles. The minimum Gasteiger partial charge on any atom is -0.494 e. The third-order valence-electron chi connectivity index (χ3n) is 1.88. The molecule has 1 heterocycles. The Morgan fingerprint density at radius 1 is 1.57 bits per heavy atom. The van der Waals surface area contributed by atoms with Crippen molar-refractivity contribution in [3.8, 4) is 23.3 Å². The topological polar surface area (TPSA) is 51.5 Å². The smallest absolute Gasteiger partial charge is 0.231 e. The Bertz CT molecular complexity index is 425. The summed E-state index contributed by atoms with van der Waals surface area (Å²) in [4.78, 5) is 0. The van der Waals surface area contributed by atoms with Crippen molar-refractivity contribution in [2.75, 3.05) is 13.9 Å². The number of rotatable bonds is 1. The first kappa shape index (κ1) is 9.16. The number of methoxy groups -OCH3 is 1. The van der Waals surface area contributed by atoms with E-state index in [1.807, 2.05) is 6.07 Å². The summed E-state index contributed by atoms with van der Waals surface area (Å²) in [6, 6.07) is 3.63. The van der Waals surface area contributed by atoms with E-state index in [1.54, 1.807) is 6.07 Å². The molecule has 0 aliphatic carbocycles. The lowest BCUT2D eigenvalue weighted by Crippen LogP contribution is -1.93. The molecule has 0 unspecified atom stereocenters. The highest BCUT2D eigenvalue weighted by Crippen LogP contribution is 2.46. The van der Waals surface area contributed by atoms with Crippen LogP contribution in [0.2, 0.25) is 0 Å². The van der Waals surface area contributed by atoms with Crippen LogP contribution in [0.3, 0.4) is 0 Å². The molecule has 1 aliphatic heterocycles. The fourth-order valence-electron chi connectivity index (χ4n) is 1.27. The lowest BCUT2D eigenvalue weighted by molar-refractivity contribution is 0.173. The van der Waals surface area contributed by atoms with Gasteiger partial charge in [0.1, 0.15) is 10.5 Å². The van der Waals surface area contributed by atoms with Crippen molar-refractivity contribution < 1.29 is 14.2 Å². The van der Waals surface area contributed by atoms with Crippen LogP contribution in [0.25, 0.3) is 0 Å². The van der Waals surface area contributed by atoms with Gasteiger partial charge in [-0.25, -0.2) is 0 Å². The van der Waals surface area contributed by atoms with E-state index >= 15 is 0 Å². The molecule has 2 rings (SSSR count). The molecule has 0 N–H and O–H groups in total. The number of ether oxygens (including phenoxy) is 3. The summed E-state index contributed by atoms with van der Waals surface area (Å²) in [5.41, 5.74) is 0.420. The number of nitriles is 1. The molecular formula is C9H6BrNO3. The maximum absolute atomic E-state index is 8.86. The molecule has 0 spiro atoms. The van der Waals surface area contributed by atoms with Gasteiger partial charge in [-0.05, 0) is 15.9 Å². The van der Waals surface area contributed by atoms with Crippen LogP contribution in [-0.4, -0.2) is 13.9 Å². The van der Waals surface area contributed by atoms with Gasteiger partial charge in [0.05, 0.1) is 12.7 Å². The maximum Gasteiger partial charge on any atom is 0.231 e. The van der Waals surface area contributed by atoms with Crippen molar-refractivity contribution in [3.05, 3.63) is 16.1 Å². The third-order valence-corrected chi connectivity index (χ3v) is 2.61. The van der Waals surface area contributed by atoms with Crippen molar-refractivity contribution >= 4 is 15.9 Å². The van der Waals surface area contributed by atoms with Crippen LogP contribution < -0.4 is 14.2 Å². The first-order valence-corrected chi connectivity index (χ1v) is 4.63. The number of benzene rings is 1. The molecule has 1 aromatic carbocycles. The second-order valence-corrected chi connectivity index (χ2v) is 3.41. The van der Waals surface area contributed by atoms with E-state index < -0.39 is 0 Å². The molecule has 4 nitrogen and oxygen atoms in total. The van der Waals surface area contributed by atoms with E-state index in [4.69, 9.17) is 19.5 Å². The Morgan fingerprint density at radius 3 is 3.00 bits per heavy atom. The van der Waals surface area contributed by atoms with E-state index in [-0.39, 0.29) is 6.79 Å². The molecule has 0 atom stereocenters. The van der Waals surface area contributed by atoms with Crippen LogP contribution in [0.1, 0.15) is 5.56 Å². The monoisotopic (exact) mass is 255 g/mol. The van der Waals surface area contributed by atoms with Crippen LogP contribution in [0.5, 0.6) is 17.2 Å². The van der Waals surface area contributed by atoms with Crippen LogP contribution in [0.15, 0.2) is 10.5 Å². The second-order valence-electron chi connectivity index (χ2n) is 2.62. The lowest BCUT2D eigenvalue weighted by atomic mass is 10.2. The minimum absolute atomic E-state index is 0.173. The molecule has 0 saturated carbocycles. The van der Waals surface area contributed by atoms with Gasteiger partial charge in [0.2, 0.25) is 6.79 Å². The van der Waals surface area contributed by atoms with Crippen LogP contribution in [0, 0.1) is 11.3 Å². The molecule has 0 radical (unpaired) electrons. The third kappa shape index (κ3) is 1.19. The number of fused-ring (bicyclic) bond motifs is 1. The Labute approximate surface area is 89.1 Å². The average Bonchev–Trinajstić information content (AvgIpc) is 2.65. The summed E-state index contributed by atoms with van der Waals surface area (Å²) < 4.78 is 16.1. The molecule has 72 valence electrons. The molecule has 1 aromatic rings. The highest BCUT2D eigenvalue weighted by molar-refractivity contribution is 9.10. The predicted molar refractivity (Wildman–Crippen MR) is 51.5 cm³/mol. The van der Waals surface area contributed by atoms with Gasteiger partial charge in [0, 0.05) is 6.07 Å². The number of halogens is 1. The summed E-state index contributed by atoms with van der Waals surface area (Å²) in [5.74, 6) is 1.62. The zero-order valence-electron chi connectivity index (χ0n) is 7.33. The zero-order valence-corrected chi connectivity index (χ0v) is 8.92. The lowest BCUT2D eigenvalue weighted by Gasteiger charge is -2.07. The van der Waals surface area contributed by atoms with Gasteiger partial charge < -0.3 is 14.2 Å². The molecule has 0 saturated heterocycles. The molecule has 0 amide bonds. The summed E-state index contributed by atoms with van der Waals surface area (Å²) in [6.07, 6.45) is 0. The first-order chi connectivity index (χ1) is 6.77. The fourth-order valence-corrected chi connectivity index (χ4v) is 1.95. The molecule has 0 bridgehead atoms. The van der Waals surface area contributed by atoms with Gasteiger partial charge in [-0.2, -0.15) is 5.26 Å². The highest BCUT2D eigenvalue weighted by Gasteiger charge is 2.23. The first-order valence-electron chi connectivity index (χ1n) is 3.84. The summed E-state index contributed by atoms with van der Waals surface area (Å²) >= 11 is 3.30. The van der Waals surface area contributed by atoms with E-state index in [1.165, 1.54) is 7.11 Å². The van der Waals surface area contributed by atoms with Crippen LogP contribution >= 0.6 is 15.9 Å². The number of nitrogens with zero attached hydrogens (tertiary/aromatic N) is 1. The Kier molecular flexibility index (Phi) is 2.22. The largest absolute Gasteiger partial charge is 0.494 e. The van der Waals surface area contributed by atoms with Gasteiger partial charge >= 0.3 is 0 Å². The van der Waals surface area contributed by atoms with Crippen molar-refractivity contribution in [1.82, 2.24) is 0 Å². The van der Waals surface area contributed by atoms with Crippen molar-refractivity contribution in [3.63, 3.8) is 0 Å². The molecule has 1 aliphatic rings. The Balaban J connectivity index is 2.67. The van der Waals surface area contributed by atoms with E-state index in [0.29, 0.717) is 27.3 Å². The number of hydrogen-bond acceptors (Lipinski definition) is 4. The van der Waals surface area contributed by atoms with E-state index in [2.05, 4.69) is 15.9 Å². The van der Waals surface area contributed by atoms with Crippen LogP contribution in [-0.2, 0) is 0 Å². The van der Waals surface area contributed by atoms with Gasteiger partial charge in [-0.3, -0.25) is 0 Å². The number of hydrogen-bond donors (Lipinski definition) is 0. The zero-order chi connectivity index (χ0) is 10.1. The standard InChI is InChI=1S/C9H6BrNO3/c1-12-8-5(3-11)2-6-9(7(8)10)14-4-13-6/h2H,4H2,1H3. The van der Waals surface area contributed by atoms with Crippen molar-refractivity contribution in [2.24, 2.45) is 0 Å². The van der Waals surface area contributed by atoms with Gasteiger partial charge in [0.15, 0.2) is 17.2 Å². The Morgan fingerprint density at radius 2 is 2.36 bits per heavy atom. The Hall–Kier alpha value is -1.41. The van der Waals surface area contributed by atoms with E-state index in [0.717, 1.165) is 0 Å². The average molecular weight is 256 g/mol. The van der Waals surface area contributed by atoms with Crippen LogP contribution in [0.4, 0.5) is 0 Å². The maximum atomic E-state index is 8.86. The van der Waals surface area contributed by atoms with E-state index in [9.17, 15) is 0 Å². The summed E-state index contributed by atoms with van der Waals surface area (Å²) in [7, 11) is 1.50. The molecular weight excluding hydrogens is 250 g/mol. The molecule has 0 fully saturated rings. The summed E-state index contributed by atoms with van der Waals surface area (Å²) in [6.45, 7) is 0.173. The van der Waals surface area contributed by atoms with Gasteiger partial charge in [-0.1, -0.05) is 0 Å². The minimum atomic E-state index is 0.173. The van der Waals surface area contributed by atoms with Crippen molar-refractivity contribution in [2.45, 2.75) is 0 Å². The summed E-state index contributed by atoms with van der Waals surface area (Å²) in [5, 5.41) is 8.86. The molecule has 14 heavy (non-hydrogen) atoms. The van der Waals surface area contributed by atoms with Gasteiger partial charge in [-0.15, -0.1) is 0 Å². The fraction of sp³-hybridized carbons (Fsp3) is 0.222. The predicted octanol–water partition coefficient (Wildman–Crippen LogP) is 2.06. The van der Waals surface area contributed by atoms with Gasteiger partial charge in [0.25, 0.3) is 0 Å². The quantitative estimate of drug-likeness (QED) is 0.771. The normalized spacial score (nSPS) is 12.4. The molecule has 5 heteroatoms. The second kappa shape index (κ2) is 3.39.